The number of rotatable bonds is 5. The van der Waals surface area contributed by atoms with Gasteiger partial charge in [-0.2, -0.15) is 0 Å². The van der Waals surface area contributed by atoms with E-state index in [1.165, 1.54) is 12.1 Å². The molecule has 0 radical (unpaired) electrons. The van der Waals surface area contributed by atoms with Crippen LogP contribution in [0.2, 0.25) is 10.0 Å². The Morgan fingerprint density at radius 2 is 1.83 bits per heavy atom. The van der Waals surface area contributed by atoms with E-state index in [4.69, 9.17) is 33.7 Å². The van der Waals surface area contributed by atoms with Crippen LogP contribution in [0, 0.1) is 0 Å². The summed E-state index contributed by atoms with van der Waals surface area (Å²) in [6, 6.07) is 12.1. The van der Waals surface area contributed by atoms with E-state index in [-0.39, 0.29) is 21.3 Å². The van der Waals surface area contributed by atoms with Gasteiger partial charge in [0.15, 0.2) is 6.61 Å². The maximum Gasteiger partial charge on any atom is 0.340 e. The fourth-order valence-electron chi connectivity index (χ4n) is 1.81. The first-order valence-electron chi connectivity index (χ1n) is 6.69. The Balaban J connectivity index is 1.88. The summed E-state index contributed by atoms with van der Waals surface area (Å²) < 4.78 is 4.92. The quantitative estimate of drug-likeness (QED) is 0.640. The average molecular weight is 353 g/mol. The minimum atomic E-state index is -0.762. The third kappa shape index (κ3) is 4.87. The van der Waals surface area contributed by atoms with Gasteiger partial charge in [-0.25, -0.2) is 4.79 Å². The second kappa shape index (κ2) is 7.85. The van der Waals surface area contributed by atoms with Crippen LogP contribution in [0.5, 0.6) is 0 Å². The van der Waals surface area contributed by atoms with Gasteiger partial charge in [0.1, 0.15) is 0 Å². The van der Waals surface area contributed by atoms with E-state index >= 15 is 0 Å². The second-order valence-electron chi connectivity index (χ2n) is 4.69. The molecule has 0 aliphatic heterocycles. The predicted octanol–water partition coefficient (Wildman–Crippen LogP) is 3.05. The highest BCUT2D eigenvalue weighted by Crippen LogP contribution is 2.27. The Bertz CT molecular complexity index is 721. The van der Waals surface area contributed by atoms with Crippen molar-refractivity contribution < 1.29 is 14.3 Å². The number of hydrogen-bond donors (Lipinski definition) is 2. The monoisotopic (exact) mass is 352 g/mol. The van der Waals surface area contributed by atoms with E-state index in [0.29, 0.717) is 6.54 Å². The van der Waals surface area contributed by atoms with Gasteiger partial charge in [0, 0.05) is 11.6 Å². The van der Waals surface area contributed by atoms with Crippen molar-refractivity contribution in [1.82, 2.24) is 5.32 Å². The van der Waals surface area contributed by atoms with Gasteiger partial charge in [-0.05, 0) is 17.7 Å². The standard InChI is InChI=1S/C16H14Cl2N2O3/c17-11-6-12(15(19)13(18)7-11)16(22)23-9-14(21)20-8-10-4-2-1-3-5-10/h1-7H,8-9,19H2,(H,20,21). The van der Waals surface area contributed by atoms with Crippen molar-refractivity contribution in [2.24, 2.45) is 0 Å². The molecule has 0 spiro atoms. The lowest BCUT2D eigenvalue weighted by Gasteiger charge is -2.09. The van der Waals surface area contributed by atoms with Crippen LogP contribution in [-0.2, 0) is 16.1 Å². The van der Waals surface area contributed by atoms with Crippen LogP contribution in [0.1, 0.15) is 15.9 Å². The van der Waals surface area contributed by atoms with Gasteiger partial charge in [0.05, 0.1) is 16.3 Å². The SMILES string of the molecule is Nc1c(Cl)cc(Cl)cc1C(=O)OCC(=O)NCc1ccccc1. The van der Waals surface area contributed by atoms with Gasteiger partial charge in [-0.1, -0.05) is 53.5 Å². The van der Waals surface area contributed by atoms with Gasteiger partial charge in [0.2, 0.25) is 0 Å². The van der Waals surface area contributed by atoms with E-state index < -0.39 is 18.5 Å². The van der Waals surface area contributed by atoms with Crippen molar-refractivity contribution in [2.75, 3.05) is 12.3 Å². The number of hydrogen-bond acceptors (Lipinski definition) is 4. The Hall–Kier alpha value is -2.24. The van der Waals surface area contributed by atoms with E-state index in [1.54, 1.807) is 0 Å². The van der Waals surface area contributed by atoms with Crippen LogP contribution in [-0.4, -0.2) is 18.5 Å². The van der Waals surface area contributed by atoms with Crippen LogP contribution in [0.4, 0.5) is 5.69 Å². The summed E-state index contributed by atoms with van der Waals surface area (Å²) >= 11 is 11.7. The van der Waals surface area contributed by atoms with E-state index in [9.17, 15) is 9.59 Å². The molecule has 0 unspecified atom stereocenters. The summed E-state index contributed by atoms with van der Waals surface area (Å²) in [5, 5.41) is 3.05. The molecule has 5 nitrogen and oxygen atoms in total. The van der Waals surface area contributed by atoms with Gasteiger partial charge in [0.25, 0.3) is 5.91 Å². The Kier molecular flexibility index (Phi) is 5.84. The molecule has 1 amide bonds. The van der Waals surface area contributed by atoms with Crippen molar-refractivity contribution in [3.05, 3.63) is 63.6 Å². The number of nitrogen functional groups attached to an aromatic ring is 1. The molecular weight excluding hydrogens is 339 g/mol. The lowest BCUT2D eigenvalue weighted by molar-refractivity contribution is -0.124. The number of nitrogens with one attached hydrogen (secondary N) is 1. The molecule has 7 heteroatoms. The molecule has 0 aliphatic rings. The number of carbonyl (C=O) groups excluding carboxylic acids is 2. The Morgan fingerprint density at radius 1 is 1.13 bits per heavy atom. The molecule has 23 heavy (non-hydrogen) atoms. The number of benzene rings is 2. The molecule has 0 bridgehead atoms. The third-order valence-corrected chi connectivity index (χ3v) is 3.51. The van der Waals surface area contributed by atoms with Gasteiger partial charge >= 0.3 is 5.97 Å². The number of halogens is 2. The molecule has 120 valence electrons. The van der Waals surface area contributed by atoms with E-state index in [1.807, 2.05) is 30.3 Å². The summed E-state index contributed by atoms with van der Waals surface area (Å²) in [4.78, 5) is 23.6. The molecule has 0 aromatic heterocycles. The maximum atomic E-state index is 11.9. The Morgan fingerprint density at radius 3 is 2.52 bits per heavy atom. The van der Waals surface area contributed by atoms with Crippen LogP contribution in [0.15, 0.2) is 42.5 Å². The Labute approximate surface area is 143 Å². The van der Waals surface area contributed by atoms with Crippen molar-refractivity contribution in [3.63, 3.8) is 0 Å². The highest BCUT2D eigenvalue weighted by molar-refractivity contribution is 6.37. The fraction of sp³-hybridized carbons (Fsp3) is 0.125. The van der Waals surface area contributed by atoms with Gasteiger partial charge in [-0.15, -0.1) is 0 Å². The van der Waals surface area contributed by atoms with Gasteiger partial charge < -0.3 is 15.8 Å². The maximum absolute atomic E-state index is 11.9. The van der Waals surface area contributed by atoms with Crippen molar-refractivity contribution >= 4 is 40.8 Å². The van der Waals surface area contributed by atoms with Crippen LogP contribution in [0.25, 0.3) is 0 Å². The average Bonchev–Trinajstić information content (AvgIpc) is 2.55. The lowest BCUT2D eigenvalue weighted by Crippen LogP contribution is -2.28. The number of ether oxygens (including phenoxy) is 1. The zero-order valence-electron chi connectivity index (χ0n) is 12.0. The van der Waals surface area contributed by atoms with Crippen LogP contribution >= 0.6 is 23.2 Å². The largest absolute Gasteiger partial charge is 0.452 e. The molecule has 0 saturated heterocycles. The summed E-state index contributed by atoms with van der Waals surface area (Å²) in [6.45, 7) is -0.0718. The first-order chi connectivity index (χ1) is 11.0. The molecule has 0 fully saturated rings. The van der Waals surface area contributed by atoms with Gasteiger partial charge in [-0.3, -0.25) is 4.79 Å². The van der Waals surface area contributed by atoms with E-state index in [0.717, 1.165) is 5.56 Å². The number of amides is 1. The normalized spacial score (nSPS) is 10.2. The number of carbonyl (C=O) groups is 2. The molecule has 0 saturated carbocycles. The zero-order valence-corrected chi connectivity index (χ0v) is 13.5. The number of anilines is 1. The zero-order chi connectivity index (χ0) is 16.8. The topological polar surface area (TPSA) is 81.4 Å². The predicted molar refractivity (Wildman–Crippen MR) is 89.4 cm³/mol. The molecule has 0 aliphatic carbocycles. The molecule has 0 atom stereocenters. The molecule has 0 heterocycles. The summed E-state index contributed by atoms with van der Waals surface area (Å²) in [7, 11) is 0. The lowest BCUT2D eigenvalue weighted by atomic mass is 10.2. The summed E-state index contributed by atoms with van der Waals surface area (Å²) in [5.74, 6) is -1.18. The third-order valence-electron chi connectivity index (χ3n) is 2.98. The number of nitrogens with two attached hydrogens (primary N) is 1. The van der Waals surface area contributed by atoms with Crippen molar-refractivity contribution in [2.45, 2.75) is 6.54 Å². The molecule has 2 rings (SSSR count). The summed E-state index contributed by atoms with van der Waals surface area (Å²) in [5.41, 5.74) is 6.73. The highest BCUT2D eigenvalue weighted by atomic mass is 35.5. The van der Waals surface area contributed by atoms with Crippen molar-refractivity contribution in [3.8, 4) is 0 Å². The minimum Gasteiger partial charge on any atom is -0.452 e. The highest BCUT2D eigenvalue weighted by Gasteiger charge is 2.16. The van der Waals surface area contributed by atoms with E-state index in [2.05, 4.69) is 5.32 Å². The fourth-order valence-corrected chi connectivity index (χ4v) is 2.30. The molecular formula is C16H14Cl2N2O3. The molecule has 3 N–H and O–H groups in total. The first-order valence-corrected chi connectivity index (χ1v) is 7.45. The molecule has 2 aromatic carbocycles. The van der Waals surface area contributed by atoms with Crippen LogP contribution < -0.4 is 11.1 Å². The van der Waals surface area contributed by atoms with Crippen LogP contribution in [0.3, 0.4) is 0 Å². The summed E-state index contributed by atoms with van der Waals surface area (Å²) in [6.07, 6.45) is 0. The molecule has 2 aromatic rings. The smallest absolute Gasteiger partial charge is 0.340 e. The minimum absolute atomic E-state index is 0.0263. The van der Waals surface area contributed by atoms with Crippen molar-refractivity contribution in [1.29, 1.82) is 0 Å². The number of esters is 1. The first kappa shape index (κ1) is 17.1. The second-order valence-corrected chi connectivity index (χ2v) is 5.53.